The zero-order valence-electron chi connectivity index (χ0n) is 11.9. The summed E-state index contributed by atoms with van der Waals surface area (Å²) in [5.74, 6) is -0.172. The largest absolute Gasteiger partial charge is 0.384 e. The van der Waals surface area contributed by atoms with E-state index in [1.54, 1.807) is 12.3 Å². The van der Waals surface area contributed by atoms with E-state index in [0.29, 0.717) is 18.8 Å². The van der Waals surface area contributed by atoms with Crippen molar-refractivity contribution in [1.82, 2.24) is 10.3 Å². The number of ether oxygens (including phenoxy) is 1. The van der Waals surface area contributed by atoms with Crippen LogP contribution in [0.15, 0.2) is 18.3 Å². The first-order valence-corrected chi connectivity index (χ1v) is 6.73. The van der Waals surface area contributed by atoms with Gasteiger partial charge in [-0.15, -0.1) is 0 Å². The van der Waals surface area contributed by atoms with Crippen molar-refractivity contribution in [1.29, 1.82) is 0 Å². The van der Waals surface area contributed by atoms with Crippen molar-refractivity contribution in [3.8, 4) is 0 Å². The second-order valence-electron chi connectivity index (χ2n) is 4.53. The molecule has 0 saturated heterocycles. The molecule has 5 nitrogen and oxygen atoms in total. The minimum atomic E-state index is -0.172. The molecule has 106 valence electrons. The lowest BCUT2D eigenvalue weighted by atomic mass is 10.3. The predicted molar refractivity (Wildman–Crippen MR) is 76.4 cm³/mol. The summed E-state index contributed by atoms with van der Waals surface area (Å²) >= 11 is 0. The number of hydrogen-bond acceptors (Lipinski definition) is 4. The molecule has 0 fully saturated rings. The molecule has 0 aliphatic carbocycles. The lowest BCUT2D eigenvalue weighted by Crippen LogP contribution is -2.28. The average Bonchev–Trinajstić information content (AvgIpc) is 2.41. The van der Waals surface area contributed by atoms with Crippen LogP contribution in [0, 0.1) is 0 Å². The number of amides is 1. The molecule has 0 radical (unpaired) electrons. The number of nitrogens with one attached hydrogen (secondary N) is 2. The molecule has 19 heavy (non-hydrogen) atoms. The highest BCUT2D eigenvalue weighted by Gasteiger charge is 2.06. The number of aromatic nitrogens is 1. The van der Waals surface area contributed by atoms with Crippen molar-refractivity contribution in [3.63, 3.8) is 0 Å². The van der Waals surface area contributed by atoms with Crippen LogP contribution in [0.3, 0.4) is 0 Å². The van der Waals surface area contributed by atoms with Crippen LogP contribution >= 0.6 is 0 Å². The standard InChI is InChI=1S/C14H23N3O2/c1-4-7-15-12-5-6-13(17-10-12)14(18)16-8-9-19-11(2)3/h5-6,10-11,15H,4,7-9H2,1-3H3,(H,16,18). The molecule has 1 rings (SSSR count). The van der Waals surface area contributed by atoms with E-state index in [0.717, 1.165) is 18.7 Å². The van der Waals surface area contributed by atoms with Crippen LogP contribution < -0.4 is 10.6 Å². The van der Waals surface area contributed by atoms with Crippen molar-refractivity contribution in [3.05, 3.63) is 24.0 Å². The molecule has 1 heterocycles. The Morgan fingerprint density at radius 1 is 1.37 bits per heavy atom. The average molecular weight is 265 g/mol. The van der Waals surface area contributed by atoms with Crippen LogP contribution in [-0.2, 0) is 4.74 Å². The Morgan fingerprint density at radius 2 is 2.16 bits per heavy atom. The summed E-state index contributed by atoms with van der Waals surface area (Å²) < 4.78 is 5.35. The third-order valence-electron chi connectivity index (χ3n) is 2.41. The molecular weight excluding hydrogens is 242 g/mol. The highest BCUT2D eigenvalue weighted by Crippen LogP contribution is 2.05. The van der Waals surface area contributed by atoms with E-state index in [4.69, 9.17) is 4.74 Å². The molecular formula is C14H23N3O2. The molecule has 0 unspecified atom stereocenters. The molecule has 0 bridgehead atoms. The fraction of sp³-hybridized carbons (Fsp3) is 0.571. The molecule has 1 aromatic heterocycles. The number of anilines is 1. The maximum absolute atomic E-state index is 11.8. The predicted octanol–water partition coefficient (Wildman–Crippen LogP) is 2.06. The Bertz CT molecular complexity index is 377. The second-order valence-corrected chi connectivity index (χ2v) is 4.53. The maximum atomic E-state index is 11.8. The lowest BCUT2D eigenvalue weighted by molar-refractivity contribution is 0.0745. The summed E-state index contributed by atoms with van der Waals surface area (Å²) in [6, 6.07) is 3.58. The van der Waals surface area contributed by atoms with Crippen LogP contribution in [0.25, 0.3) is 0 Å². The Labute approximate surface area is 114 Å². The zero-order valence-corrected chi connectivity index (χ0v) is 11.9. The van der Waals surface area contributed by atoms with Gasteiger partial charge in [-0.2, -0.15) is 0 Å². The van der Waals surface area contributed by atoms with E-state index in [-0.39, 0.29) is 12.0 Å². The van der Waals surface area contributed by atoms with Crippen LogP contribution in [0.5, 0.6) is 0 Å². The van der Waals surface area contributed by atoms with Gasteiger partial charge < -0.3 is 15.4 Å². The molecule has 2 N–H and O–H groups in total. The Balaban J connectivity index is 2.36. The quantitative estimate of drug-likeness (QED) is 0.706. The fourth-order valence-corrected chi connectivity index (χ4v) is 1.45. The van der Waals surface area contributed by atoms with Gasteiger partial charge in [0, 0.05) is 13.1 Å². The number of nitrogens with zero attached hydrogens (tertiary/aromatic N) is 1. The molecule has 1 aromatic rings. The maximum Gasteiger partial charge on any atom is 0.269 e. The van der Waals surface area contributed by atoms with E-state index in [2.05, 4.69) is 22.5 Å². The summed E-state index contributed by atoms with van der Waals surface area (Å²) in [6.45, 7) is 7.94. The Hall–Kier alpha value is -1.62. The first-order valence-electron chi connectivity index (χ1n) is 6.73. The van der Waals surface area contributed by atoms with Crippen LogP contribution in [0.2, 0.25) is 0 Å². The van der Waals surface area contributed by atoms with Gasteiger partial charge in [0.15, 0.2) is 0 Å². The van der Waals surface area contributed by atoms with Gasteiger partial charge >= 0.3 is 0 Å². The molecule has 5 heteroatoms. The lowest BCUT2D eigenvalue weighted by Gasteiger charge is -2.09. The van der Waals surface area contributed by atoms with Gasteiger partial charge in [0.2, 0.25) is 0 Å². The molecule has 0 aromatic carbocycles. The second kappa shape index (κ2) is 8.48. The number of carbonyl (C=O) groups excluding carboxylic acids is 1. The van der Waals surface area contributed by atoms with Crippen molar-refractivity contribution >= 4 is 11.6 Å². The first kappa shape index (κ1) is 15.4. The molecule has 0 saturated carbocycles. The summed E-state index contributed by atoms with van der Waals surface area (Å²) in [7, 11) is 0. The van der Waals surface area contributed by atoms with Gasteiger partial charge in [-0.25, -0.2) is 4.98 Å². The Morgan fingerprint density at radius 3 is 2.74 bits per heavy atom. The minimum Gasteiger partial charge on any atom is -0.384 e. The van der Waals surface area contributed by atoms with Crippen LogP contribution in [0.4, 0.5) is 5.69 Å². The van der Waals surface area contributed by atoms with Crippen molar-refractivity contribution in [2.24, 2.45) is 0 Å². The number of hydrogen-bond donors (Lipinski definition) is 2. The van der Waals surface area contributed by atoms with Gasteiger partial charge in [-0.3, -0.25) is 4.79 Å². The highest BCUT2D eigenvalue weighted by molar-refractivity contribution is 5.92. The smallest absolute Gasteiger partial charge is 0.269 e. The molecule has 0 aliphatic rings. The fourth-order valence-electron chi connectivity index (χ4n) is 1.45. The summed E-state index contributed by atoms with van der Waals surface area (Å²) in [5.41, 5.74) is 1.35. The van der Waals surface area contributed by atoms with E-state index in [9.17, 15) is 4.79 Å². The van der Waals surface area contributed by atoms with Gasteiger partial charge in [0.25, 0.3) is 5.91 Å². The van der Waals surface area contributed by atoms with E-state index in [1.165, 1.54) is 0 Å². The normalized spacial score (nSPS) is 10.5. The van der Waals surface area contributed by atoms with Crippen molar-refractivity contribution < 1.29 is 9.53 Å². The van der Waals surface area contributed by atoms with Crippen molar-refractivity contribution in [2.45, 2.75) is 33.3 Å². The monoisotopic (exact) mass is 265 g/mol. The minimum absolute atomic E-state index is 0.172. The molecule has 0 atom stereocenters. The topological polar surface area (TPSA) is 63.2 Å². The summed E-state index contributed by atoms with van der Waals surface area (Å²) in [6.07, 6.45) is 2.91. The van der Waals surface area contributed by atoms with Crippen LogP contribution in [-0.4, -0.2) is 36.7 Å². The van der Waals surface area contributed by atoms with Gasteiger partial charge in [-0.1, -0.05) is 6.92 Å². The summed E-state index contributed by atoms with van der Waals surface area (Å²) in [4.78, 5) is 15.9. The van der Waals surface area contributed by atoms with E-state index >= 15 is 0 Å². The Kier molecular flexibility index (Phi) is 6.89. The number of carbonyl (C=O) groups is 1. The zero-order chi connectivity index (χ0) is 14.1. The van der Waals surface area contributed by atoms with Crippen molar-refractivity contribution in [2.75, 3.05) is 25.0 Å². The SMILES string of the molecule is CCCNc1ccc(C(=O)NCCOC(C)C)nc1. The molecule has 0 aliphatic heterocycles. The number of rotatable bonds is 8. The third-order valence-corrected chi connectivity index (χ3v) is 2.41. The highest BCUT2D eigenvalue weighted by atomic mass is 16.5. The third kappa shape index (κ3) is 6.20. The van der Waals surface area contributed by atoms with E-state index in [1.807, 2.05) is 19.9 Å². The molecule has 0 spiro atoms. The van der Waals surface area contributed by atoms with E-state index < -0.39 is 0 Å². The summed E-state index contributed by atoms with van der Waals surface area (Å²) in [5, 5.41) is 5.98. The van der Waals surface area contributed by atoms with Gasteiger partial charge in [0.05, 0.1) is 24.6 Å². The first-order chi connectivity index (χ1) is 9.13. The van der Waals surface area contributed by atoms with Gasteiger partial charge in [0.1, 0.15) is 5.69 Å². The van der Waals surface area contributed by atoms with Crippen LogP contribution in [0.1, 0.15) is 37.7 Å². The molecule has 1 amide bonds. The number of pyridine rings is 1. The van der Waals surface area contributed by atoms with Gasteiger partial charge in [-0.05, 0) is 32.4 Å².